The average Bonchev–Trinajstić information content (AvgIpc) is 2.42. The Labute approximate surface area is 155 Å². The first kappa shape index (κ1) is 21.8. The summed E-state index contributed by atoms with van der Waals surface area (Å²) in [5.74, 6) is 0.890. The minimum absolute atomic E-state index is 0.0425. The van der Waals surface area contributed by atoms with Crippen LogP contribution in [0.15, 0.2) is 18.2 Å². The fraction of sp³-hybridized carbons (Fsp3) is 0.579. The topological polar surface area (TPSA) is 79.3 Å². The second kappa shape index (κ2) is 9.43. The van der Waals surface area contributed by atoms with E-state index in [2.05, 4.69) is 38.1 Å². The highest BCUT2D eigenvalue weighted by atomic mass is 16.6. The minimum atomic E-state index is -0.456. The first-order valence-electron chi connectivity index (χ1n) is 8.52. The van der Waals surface area contributed by atoms with Crippen LogP contribution in [0.2, 0.25) is 0 Å². The molecule has 0 unspecified atom stereocenters. The van der Waals surface area contributed by atoms with Gasteiger partial charge < -0.3 is 24.4 Å². The first-order chi connectivity index (χ1) is 12.1. The van der Waals surface area contributed by atoms with E-state index >= 15 is 0 Å². The van der Waals surface area contributed by atoms with Gasteiger partial charge >= 0.3 is 6.09 Å². The number of carbonyl (C=O) groups excluding carboxylic acids is 1. The Morgan fingerprint density at radius 3 is 2.38 bits per heavy atom. The van der Waals surface area contributed by atoms with Crippen molar-refractivity contribution in [1.29, 1.82) is 0 Å². The maximum atomic E-state index is 11.9. The van der Waals surface area contributed by atoms with Crippen molar-refractivity contribution in [2.24, 2.45) is 0 Å². The van der Waals surface area contributed by atoms with Crippen LogP contribution >= 0.6 is 0 Å². The fourth-order valence-corrected chi connectivity index (χ4v) is 2.48. The van der Waals surface area contributed by atoms with Crippen LogP contribution < -0.4 is 4.74 Å². The lowest BCUT2D eigenvalue weighted by molar-refractivity contribution is -0.122. The molecule has 0 atom stereocenters. The molecule has 1 amide bonds. The lowest BCUT2D eigenvalue weighted by Crippen LogP contribution is -2.57. The summed E-state index contributed by atoms with van der Waals surface area (Å²) >= 11 is 0. The van der Waals surface area contributed by atoms with Crippen LogP contribution in [0.1, 0.15) is 31.9 Å². The van der Waals surface area contributed by atoms with Crippen molar-refractivity contribution in [2.75, 3.05) is 27.2 Å². The minimum Gasteiger partial charge on any atom is -0.486 e. The summed E-state index contributed by atoms with van der Waals surface area (Å²) < 4.78 is 11.3. The molecule has 1 fully saturated rings. The lowest BCUT2D eigenvalue weighted by Gasteiger charge is -2.39. The van der Waals surface area contributed by atoms with Crippen molar-refractivity contribution in [3.8, 4) is 5.75 Å². The van der Waals surface area contributed by atoms with Gasteiger partial charge in [-0.2, -0.15) is 0 Å². The van der Waals surface area contributed by atoms with E-state index in [-0.39, 0.29) is 18.7 Å². The zero-order valence-corrected chi connectivity index (χ0v) is 16.5. The molecule has 0 radical (unpaired) electrons. The largest absolute Gasteiger partial charge is 0.486 e. The van der Waals surface area contributed by atoms with E-state index in [4.69, 9.17) is 19.4 Å². The summed E-state index contributed by atoms with van der Waals surface area (Å²) in [5.41, 5.74) is 1.94. The number of likely N-dealkylation sites (tertiary alicyclic amines) is 1. The molecule has 26 heavy (non-hydrogen) atoms. The number of carboxylic acid groups (broad SMARTS) is 1. The maximum Gasteiger partial charge on any atom is 0.410 e. The van der Waals surface area contributed by atoms with E-state index < -0.39 is 5.60 Å². The number of carbonyl (C=O) groups is 2. The van der Waals surface area contributed by atoms with Crippen molar-refractivity contribution in [3.05, 3.63) is 29.3 Å². The summed E-state index contributed by atoms with van der Waals surface area (Å²) in [7, 11) is 4.11. The third kappa shape index (κ3) is 7.31. The van der Waals surface area contributed by atoms with E-state index in [0.29, 0.717) is 13.1 Å². The highest BCUT2D eigenvalue weighted by molar-refractivity contribution is 5.69. The van der Waals surface area contributed by atoms with Crippen LogP contribution in [-0.4, -0.2) is 66.4 Å². The van der Waals surface area contributed by atoms with Gasteiger partial charge in [0.05, 0.1) is 13.1 Å². The van der Waals surface area contributed by atoms with Crippen molar-refractivity contribution < 1.29 is 24.2 Å². The number of benzene rings is 1. The third-order valence-electron chi connectivity index (χ3n) is 3.53. The molecule has 0 aliphatic carbocycles. The van der Waals surface area contributed by atoms with Crippen molar-refractivity contribution in [1.82, 2.24) is 9.80 Å². The molecule has 1 aliphatic heterocycles. The zero-order chi connectivity index (χ0) is 19.9. The molecule has 1 saturated heterocycles. The molecule has 0 aromatic heterocycles. The Morgan fingerprint density at radius 1 is 1.35 bits per heavy atom. The van der Waals surface area contributed by atoms with Crippen LogP contribution in [0.3, 0.4) is 0 Å². The van der Waals surface area contributed by atoms with E-state index in [0.717, 1.165) is 17.9 Å². The highest BCUT2D eigenvalue weighted by Gasteiger charge is 2.35. The SMILES string of the molecule is Cc1cc(CN(C)C)ccc1OC1CN(C(=O)OC(C)(C)C)C1.O=CO. The van der Waals surface area contributed by atoms with Gasteiger partial charge in [-0.3, -0.25) is 4.79 Å². The number of hydrogen-bond acceptors (Lipinski definition) is 5. The van der Waals surface area contributed by atoms with Crippen molar-refractivity contribution in [2.45, 2.75) is 45.9 Å². The van der Waals surface area contributed by atoms with Gasteiger partial charge in [0, 0.05) is 6.54 Å². The zero-order valence-electron chi connectivity index (χ0n) is 16.5. The van der Waals surface area contributed by atoms with E-state index in [1.54, 1.807) is 4.90 Å². The highest BCUT2D eigenvalue weighted by Crippen LogP contribution is 2.24. The number of hydrogen-bond donors (Lipinski definition) is 1. The molecular formula is C19H30N2O5. The van der Waals surface area contributed by atoms with Gasteiger partial charge in [0.15, 0.2) is 0 Å². The molecule has 1 aromatic rings. The molecule has 1 aliphatic rings. The number of aryl methyl sites for hydroxylation is 1. The second-order valence-electron chi connectivity index (χ2n) is 7.57. The fourth-order valence-electron chi connectivity index (χ4n) is 2.48. The quantitative estimate of drug-likeness (QED) is 0.826. The van der Waals surface area contributed by atoms with Gasteiger partial charge in [-0.05, 0) is 59.0 Å². The van der Waals surface area contributed by atoms with Crippen LogP contribution in [0.5, 0.6) is 5.75 Å². The predicted octanol–water partition coefficient (Wildman–Crippen LogP) is 2.76. The Bertz CT molecular complexity index is 604. The molecule has 0 spiro atoms. The number of ether oxygens (including phenoxy) is 2. The number of nitrogens with zero attached hydrogens (tertiary/aromatic N) is 2. The van der Waals surface area contributed by atoms with E-state index in [9.17, 15) is 4.79 Å². The monoisotopic (exact) mass is 366 g/mol. The molecule has 1 N–H and O–H groups in total. The predicted molar refractivity (Wildman–Crippen MR) is 99.5 cm³/mol. The average molecular weight is 366 g/mol. The Hall–Kier alpha value is -2.28. The van der Waals surface area contributed by atoms with Gasteiger partial charge in [-0.1, -0.05) is 12.1 Å². The third-order valence-corrected chi connectivity index (χ3v) is 3.53. The molecule has 1 aromatic carbocycles. The van der Waals surface area contributed by atoms with Crippen LogP contribution in [0.25, 0.3) is 0 Å². The van der Waals surface area contributed by atoms with Crippen LogP contribution in [0, 0.1) is 6.92 Å². The van der Waals surface area contributed by atoms with Gasteiger partial charge in [0.25, 0.3) is 6.47 Å². The molecule has 7 heteroatoms. The molecule has 0 bridgehead atoms. The van der Waals surface area contributed by atoms with Gasteiger partial charge in [-0.15, -0.1) is 0 Å². The Balaban J connectivity index is 0.00000105. The van der Waals surface area contributed by atoms with Crippen LogP contribution in [0.4, 0.5) is 4.79 Å². The normalized spacial score (nSPS) is 14.2. The first-order valence-corrected chi connectivity index (χ1v) is 8.52. The molecule has 146 valence electrons. The molecular weight excluding hydrogens is 336 g/mol. The molecule has 7 nitrogen and oxygen atoms in total. The second-order valence-corrected chi connectivity index (χ2v) is 7.57. The lowest BCUT2D eigenvalue weighted by atomic mass is 10.1. The summed E-state index contributed by atoms with van der Waals surface area (Å²) in [5, 5.41) is 6.89. The summed E-state index contributed by atoms with van der Waals surface area (Å²) in [6.45, 7) is 9.49. The molecule has 0 saturated carbocycles. The van der Waals surface area contributed by atoms with Gasteiger partial charge in [-0.25, -0.2) is 4.79 Å². The van der Waals surface area contributed by atoms with E-state index in [1.165, 1.54) is 5.56 Å². The maximum absolute atomic E-state index is 11.9. The van der Waals surface area contributed by atoms with E-state index in [1.807, 2.05) is 26.8 Å². The standard InChI is InChI=1S/C18H28N2O3.CH2O2/c1-13-9-14(10-19(5)6)7-8-16(13)22-15-11-20(12-15)17(21)23-18(2,3)4;2-1-3/h7-9,15H,10-12H2,1-6H3;1H,(H,2,3). The molecule has 2 rings (SSSR count). The molecule has 1 heterocycles. The van der Waals surface area contributed by atoms with Gasteiger partial charge in [0.1, 0.15) is 17.5 Å². The van der Waals surface area contributed by atoms with Gasteiger partial charge in [0.2, 0.25) is 0 Å². The summed E-state index contributed by atoms with van der Waals surface area (Å²) in [6.07, 6.45) is -0.226. The Morgan fingerprint density at radius 2 is 1.92 bits per heavy atom. The van der Waals surface area contributed by atoms with Crippen molar-refractivity contribution in [3.63, 3.8) is 0 Å². The Kier molecular flexibility index (Phi) is 7.89. The number of amides is 1. The van der Waals surface area contributed by atoms with Crippen LogP contribution in [-0.2, 0) is 16.1 Å². The summed E-state index contributed by atoms with van der Waals surface area (Å²) in [6, 6.07) is 6.26. The number of rotatable bonds is 4. The summed E-state index contributed by atoms with van der Waals surface area (Å²) in [4.78, 5) is 24.1. The smallest absolute Gasteiger partial charge is 0.410 e. The van der Waals surface area contributed by atoms with Crippen molar-refractivity contribution >= 4 is 12.6 Å².